The molecule has 0 aliphatic carbocycles. The summed E-state index contributed by atoms with van der Waals surface area (Å²) in [5.41, 5.74) is 6.03. The average Bonchev–Trinajstić information content (AvgIpc) is 2.59. The number of carbonyl (C=O) groups excluding carboxylic acids is 2. The third kappa shape index (κ3) is 4.20. The van der Waals surface area contributed by atoms with Crippen LogP contribution in [-0.4, -0.2) is 44.0 Å². The fraction of sp³-hybridized carbons (Fsp3) is 0.412. The molecule has 0 atom stereocenters. The SMILES string of the molecule is COc1cc(/C=C/C(=O)N2CCC(C(N)=O)CC2)cc(Cl)c1OC. The van der Waals surface area contributed by atoms with E-state index in [0.717, 1.165) is 5.56 Å². The van der Waals surface area contributed by atoms with Crippen molar-refractivity contribution in [3.63, 3.8) is 0 Å². The molecule has 1 aliphatic rings. The highest BCUT2D eigenvalue weighted by Crippen LogP contribution is 2.36. The number of amides is 2. The summed E-state index contributed by atoms with van der Waals surface area (Å²) in [7, 11) is 3.04. The highest BCUT2D eigenvalue weighted by molar-refractivity contribution is 6.32. The Morgan fingerprint density at radius 2 is 1.92 bits per heavy atom. The van der Waals surface area contributed by atoms with Gasteiger partial charge in [-0.3, -0.25) is 9.59 Å². The minimum Gasteiger partial charge on any atom is -0.493 e. The summed E-state index contributed by atoms with van der Waals surface area (Å²) in [6, 6.07) is 3.44. The number of carbonyl (C=O) groups is 2. The standard InChI is InChI=1S/C17H21ClN2O4/c1-23-14-10-11(9-13(18)16(14)24-2)3-4-15(21)20-7-5-12(6-8-20)17(19)22/h3-4,9-10,12H,5-8H2,1-2H3,(H2,19,22)/b4-3+. The summed E-state index contributed by atoms with van der Waals surface area (Å²) in [6.07, 6.45) is 4.38. The minimum absolute atomic E-state index is 0.108. The molecular weight excluding hydrogens is 332 g/mol. The first-order chi connectivity index (χ1) is 11.5. The van der Waals surface area contributed by atoms with Crippen LogP contribution in [0.3, 0.4) is 0 Å². The largest absolute Gasteiger partial charge is 0.493 e. The number of benzene rings is 1. The zero-order valence-electron chi connectivity index (χ0n) is 13.8. The topological polar surface area (TPSA) is 81.9 Å². The number of likely N-dealkylation sites (tertiary alicyclic amines) is 1. The predicted octanol–water partition coefficient (Wildman–Crippen LogP) is 2.09. The number of rotatable bonds is 5. The van der Waals surface area contributed by atoms with E-state index in [0.29, 0.717) is 42.5 Å². The van der Waals surface area contributed by atoms with Crippen molar-refractivity contribution < 1.29 is 19.1 Å². The smallest absolute Gasteiger partial charge is 0.246 e. The minimum atomic E-state index is -0.294. The van der Waals surface area contributed by atoms with Crippen LogP contribution in [-0.2, 0) is 9.59 Å². The Bertz CT molecular complexity index is 652. The molecule has 7 heteroatoms. The van der Waals surface area contributed by atoms with E-state index in [4.69, 9.17) is 26.8 Å². The summed E-state index contributed by atoms with van der Waals surface area (Å²) in [4.78, 5) is 25.1. The number of halogens is 1. The molecule has 1 aromatic carbocycles. The number of primary amides is 1. The lowest BCUT2D eigenvalue weighted by molar-refractivity contribution is -0.130. The van der Waals surface area contributed by atoms with E-state index >= 15 is 0 Å². The van der Waals surface area contributed by atoms with Crippen LogP contribution >= 0.6 is 11.6 Å². The molecule has 2 rings (SSSR count). The summed E-state index contributed by atoms with van der Waals surface area (Å²) >= 11 is 6.15. The van der Waals surface area contributed by atoms with Gasteiger partial charge < -0.3 is 20.1 Å². The molecule has 0 radical (unpaired) electrons. The van der Waals surface area contributed by atoms with E-state index in [-0.39, 0.29) is 17.7 Å². The van der Waals surface area contributed by atoms with Crippen molar-refractivity contribution in [2.24, 2.45) is 11.7 Å². The van der Waals surface area contributed by atoms with Gasteiger partial charge in [0.15, 0.2) is 11.5 Å². The van der Waals surface area contributed by atoms with Gasteiger partial charge in [0.05, 0.1) is 19.2 Å². The third-order valence-corrected chi connectivity index (χ3v) is 4.36. The molecule has 0 aromatic heterocycles. The summed E-state index contributed by atoms with van der Waals surface area (Å²) in [5, 5.41) is 0.409. The molecule has 130 valence electrons. The average molecular weight is 353 g/mol. The number of hydrogen-bond acceptors (Lipinski definition) is 4. The normalized spacial score (nSPS) is 15.5. The molecule has 24 heavy (non-hydrogen) atoms. The molecule has 1 fully saturated rings. The van der Waals surface area contributed by atoms with E-state index in [1.807, 2.05) is 0 Å². The van der Waals surface area contributed by atoms with Gasteiger partial charge in [-0.2, -0.15) is 0 Å². The predicted molar refractivity (Wildman–Crippen MR) is 92.1 cm³/mol. The van der Waals surface area contributed by atoms with Crippen molar-refractivity contribution in [1.29, 1.82) is 0 Å². The number of ether oxygens (including phenoxy) is 2. The monoisotopic (exact) mass is 352 g/mol. The number of methoxy groups -OCH3 is 2. The second-order valence-corrected chi connectivity index (χ2v) is 5.98. The van der Waals surface area contributed by atoms with Crippen molar-refractivity contribution in [3.8, 4) is 11.5 Å². The van der Waals surface area contributed by atoms with Gasteiger partial charge in [0.25, 0.3) is 0 Å². The molecule has 0 unspecified atom stereocenters. The molecular formula is C17H21ClN2O4. The van der Waals surface area contributed by atoms with Gasteiger partial charge in [0, 0.05) is 25.1 Å². The van der Waals surface area contributed by atoms with Gasteiger partial charge in [-0.25, -0.2) is 0 Å². The lowest BCUT2D eigenvalue weighted by atomic mass is 9.96. The summed E-state index contributed by atoms with van der Waals surface area (Å²) < 4.78 is 10.4. The van der Waals surface area contributed by atoms with Gasteiger partial charge in [-0.05, 0) is 36.6 Å². The second kappa shape index (κ2) is 8.06. The number of piperidine rings is 1. The Kier molecular flexibility index (Phi) is 6.09. The fourth-order valence-electron chi connectivity index (χ4n) is 2.69. The van der Waals surface area contributed by atoms with Crippen LogP contribution in [0.1, 0.15) is 18.4 Å². The van der Waals surface area contributed by atoms with Crippen molar-refractivity contribution in [1.82, 2.24) is 4.90 Å². The first kappa shape index (κ1) is 18.1. The molecule has 1 aromatic rings. The maximum atomic E-state index is 12.2. The van der Waals surface area contributed by atoms with Gasteiger partial charge in [-0.1, -0.05) is 11.6 Å². The van der Waals surface area contributed by atoms with Gasteiger partial charge in [0.2, 0.25) is 11.8 Å². The Labute approximate surface area is 146 Å². The highest BCUT2D eigenvalue weighted by atomic mass is 35.5. The van der Waals surface area contributed by atoms with E-state index in [9.17, 15) is 9.59 Å². The van der Waals surface area contributed by atoms with Crippen molar-refractivity contribution in [3.05, 3.63) is 28.8 Å². The molecule has 1 heterocycles. The third-order valence-electron chi connectivity index (χ3n) is 4.08. The van der Waals surface area contributed by atoms with Crippen molar-refractivity contribution >= 4 is 29.5 Å². The van der Waals surface area contributed by atoms with Gasteiger partial charge in [-0.15, -0.1) is 0 Å². The Balaban J connectivity index is 2.04. The molecule has 1 aliphatic heterocycles. The van der Waals surface area contributed by atoms with Crippen LogP contribution in [0, 0.1) is 5.92 Å². The first-order valence-electron chi connectivity index (χ1n) is 7.64. The zero-order valence-corrected chi connectivity index (χ0v) is 14.5. The number of nitrogens with zero attached hydrogens (tertiary/aromatic N) is 1. The van der Waals surface area contributed by atoms with Crippen LogP contribution in [0.5, 0.6) is 11.5 Å². The first-order valence-corrected chi connectivity index (χ1v) is 8.02. The molecule has 0 saturated carbocycles. The summed E-state index contributed by atoms with van der Waals surface area (Å²) in [6.45, 7) is 1.06. The van der Waals surface area contributed by atoms with E-state index in [2.05, 4.69) is 0 Å². The highest BCUT2D eigenvalue weighted by Gasteiger charge is 2.24. The van der Waals surface area contributed by atoms with Crippen LogP contribution in [0.2, 0.25) is 5.02 Å². The molecule has 0 bridgehead atoms. The number of nitrogens with two attached hydrogens (primary N) is 1. The van der Waals surface area contributed by atoms with E-state index < -0.39 is 0 Å². The Hall–Kier alpha value is -2.21. The molecule has 1 saturated heterocycles. The van der Waals surface area contributed by atoms with E-state index in [1.54, 1.807) is 23.1 Å². The van der Waals surface area contributed by atoms with Crippen LogP contribution < -0.4 is 15.2 Å². The number of hydrogen-bond donors (Lipinski definition) is 1. The Morgan fingerprint density at radius 3 is 2.46 bits per heavy atom. The molecule has 6 nitrogen and oxygen atoms in total. The van der Waals surface area contributed by atoms with Gasteiger partial charge >= 0.3 is 0 Å². The quantitative estimate of drug-likeness (QED) is 0.823. The zero-order chi connectivity index (χ0) is 17.7. The summed E-state index contributed by atoms with van der Waals surface area (Å²) in [5.74, 6) is 0.416. The van der Waals surface area contributed by atoms with Crippen LogP contribution in [0.4, 0.5) is 0 Å². The van der Waals surface area contributed by atoms with Crippen molar-refractivity contribution in [2.75, 3.05) is 27.3 Å². The van der Waals surface area contributed by atoms with Crippen LogP contribution in [0.25, 0.3) is 6.08 Å². The lowest BCUT2D eigenvalue weighted by Crippen LogP contribution is -2.41. The van der Waals surface area contributed by atoms with E-state index in [1.165, 1.54) is 20.3 Å². The second-order valence-electron chi connectivity index (χ2n) is 5.57. The lowest BCUT2D eigenvalue weighted by Gasteiger charge is -2.29. The maximum Gasteiger partial charge on any atom is 0.246 e. The molecule has 0 spiro atoms. The molecule has 2 N–H and O–H groups in total. The maximum absolute atomic E-state index is 12.2. The van der Waals surface area contributed by atoms with Gasteiger partial charge in [0.1, 0.15) is 0 Å². The van der Waals surface area contributed by atoms with Crippen molar-refractivity contribution in [2.45, 2.75) is 12.8 Å². The van der Waals surface area contributed by atoms with Crippen LogP contribution in [0.15, 0.2) is 18.2 Å². The Morgan fingerprint density at radius 1 is 1.25 bits per heavy atom. The fourth-order valence-corrected chi connectivity index (χ4v) is 2.99. The molecule has 2 amide bonds.